The lowest BCUT2D eigenvalue weighted by Crippen LogP contribution is -2.37. The molecule has 2 aliphatic heterocycles. The summed E-state index contributed by atoms with van der Waals surface area (Å²) in [4.78, 5) is 14.6. The molecule has 5 heteroatoms. The van der Waals surface area contributed by atoms with Gasteiger partial charge in [-0.2, -0.15) is 0 Å². The van der Waals surface area contributed by atoms with Gasteiger partial charge in [-0.3, -0.25) is 4.79 Å². The lowest BCUT2D eigenvalue weighted by molar-refractivity contribution is -0.121. The van der Waals surface area contributed by atoms with Gasteiger partial charge in [-0.15, -0.1) is 0 Å². The summed E-state index contributed by atoms with van der Waals surface area (Å²) in [6.07, 6.45) is 4.15. The van der Waals surface area contributed by atoms with E-state index < -0.39 is 0 Å². The molecule has 1 saturated heterocycles. The molecule has 0 spiro atoms. The zero-order valence-electron chi connectivity index (χ0n) is 16.2. The van der Waals surface area contributed by atoms with Crippen molar-refractivity contribution in [2.75, 3.05) is 26.4 Å². The molecule has 2 aromatic carbocycles. The monoisotopic (exact) mass is 380 g/mol. The van der Waals surface area contributed by atoms with E-state index in [-0.39, 0.29) is 12.7 Å². The highest BCUT2D eigenvalue weighted by atomic mass is 16.7. The van der Waals surface area contributed by atoms with Crippen LogP contribution in [0.5, 0.6) is 11.5 Å². The molecule has 4 rings (SSSR count). The first-order chi connectivity index (χ1) is 13.8. The van der Waals surface area contributed by atoms with Gasteiger partial charge in [-0.05, 0) is 61.5 Å². The van der Waals surface area contributed by atoms with Crippen LogP contribution in [-0.2, 0) is 17.8 Å². The van der Waals surface area contributed by atoms with Crippen molar-refractivity contribution in [3.63, 3.8) is 0 Å². The van der Waals surface area contributed by atoms with Crippen LogP contribution in [0.15, 0.2) is 48.5 Å². The zero-order chi connectivity index (χ0) is 19.2. The van der Waals surface area contributed by atoms with Crippen molar-refractivity contribution in [2.45, 2.75) is 32.2 Å². The highest BCUT2D eigenvalue weighted by Crippen LogP contribution is 2.32. The summed E-state index contributed by atoms with van der Waals surface area (Å²) in [7, 11) is 0. The molecule has 0 aromatic heterocycles. The van der Waals surface area contributed by atoms with Crippen molar-refractivity contribution in [1.29, 1.82) is 0 Å². The van der Waals surface area contributed by atoms with Gasteiger partial charge >= 0.3 is 0 Å². The van der Waals surface area contributed by atoms with Crippen LogP contribution in [-0.4, -0.2) is 37.2 Å². The maximum absolute atomic E-state index is 12.2. The van der Waals surface area contributed by atoms with E-state index >= 15 is 0 Å². The second-order valence-corrected chi connectivity index (χ2v) is 7.69. The van der Waals surface area contributed by atoms with Gasteiger partial charge in [0.05, 0.1) is 0 Å². The van der Waals surface area contributed by atoms with E-state index in [1.807, 2.05) is 18.2 Å². The Hall–Kier alpha value is -2.53. The van der Waals surface area contributed by atoms with E-state index in [2.05, 4.69) is 40.5 Å². The number of likely N-dealkylation sites (tertiary alicyclic amines) is 1. The van der Waals surface area contributed by atoms with Gasteiger partial charge in [0, 0.05) is 19.5 Å². The van der Waals surface area contributed by atoms with Crippen molar-refractivity contribution in [2.24, 2.45) is 5.92 Å². The lowest BCUT2D eigenvalue weighted by Gasteiger charge is -2.31. The first-order valence-electron chi connectivity index (χ1n) is 10.2. The first-order valence-corrected chi connectivity index (χ1v) is 10.2. The molecular formula is C23H28N2O3. The van der Waals surface area contributed by atoms with E-state index in [1.54, 1.807) is 0 Å². The maximum atomic E-state index is 12.2. The molecule has 1 fully saturated rings. The van der Waals surface area contributed by atoms with Crippen molar-refractivity contribution in [3.8, 4) is 11.5 Å². The van der Waals surface area contributed by atoms with Crippen LogP contribution in [0.1, 0.15) is 30.4 Å². The highest BCUT2D eigenvalue weighted by Gasteiger charge is 2.20. The molecule has 2 aliphatic rings. The SMILES string of the molecule is O=C(CCN1CCC(Cc2ccccc2)CC1)NCc1ccc2c(c1)OCO2. The summed E-state index contributed by atoms with van der Waals surface area (Å²) in [6.45, 7) is 3.81. The van der Waals surface area contributed by atoms with Crippen molar-refractivity contribution >= 4 is 5.91 Å². The summed E-state index contributed by atoms with van der Waals surface area (Å²) < 4.78 is 10.7. The summed E-state index contributed by atoms with van der Waals surface area (Å²) in [5, 5.41) is 3.01. The Morgan fingerprint density at radius 2 is 1.79 bits per heavy atom. The molecular weight excluding hydrogens is 352 g/mol. The summed E-state index contributed by atoms with van der Waals surface area (Å²) >= 11 is 0. The molecule has 0 atom stereocenters. The van der Waals surface area contributed by atoms with Crippen LogP contribution >= 0.6 is 0 Å². The number of carbonyl (C=O) groups excluding carboxylic acids is 1. The van der Waals surface area contributed by atoms with Crippen LogP contribution in [0.25, 0.3) is 0 Å². The van der Waals surface area contributed by atoms with Crippen LogP contribution in [0, 0.1) is 5.92 Å². The summed E-state index contributed by atoms with van der Waals surface area (Å²) in [6, 6.07) is 16.5. The molecule has 2 heterocycles. The van der Waals surface area contributed by atoms with E-state index in [1.165, 1.54) is 24.8 Å². The van der Waals surface area contributed by atoms with E-state index in [0.717, 1.165) is 42.6 Å². The third-order valence-electron chi connectivity index (χ3n) is 5.66. The Balaban J connectivity index is 1.14. The highest BCUT2D eigenvalue weighted by molar-refractivity contribution is 5.76. The minimum Gasteiger partial charge on any atom is -0.454 e. The van der Waals surface area contributed by atoms with Gasteiger partial charge in [0.25, 0.3) is 0 Å². The number of nitrogens with one attached hydrogen (secondary N) is 1. The van der Waals surface area contributed by atoms with E-state index in [4.69, 9.17) is 9.47 Å². The number of amides is 1. The normalized spacial score (nSPS) is 16.9. The number of piperidine rings is 1. The number of ether oxygens (including phenoxy) is 2. The molecule has 0 aliphatic carbocycles. The first kappa shape index (κ1) is 18.8. The minimum absolute atomic E-state index is 0.101. The standard InChI is InChI=1S/C23H28N2O3/c26-23(24-16-20-6-7-21-22(15-20)28-17-27-21)10-13-25-11-8-19(9-12-25)14-18-4-2-1-3-5-18/h1-7,15,19H,8-14,16-17H2,(H,24,26). The average Bonchev–Trinajstić information content (AvgIpc) is 3.20. The maximum Gasteiger partial charge on any atom is 0.231 e. The smallest absolute Gasteiger partial charge is 0.231 e. The topological polar surface area (TPSA) is 50.8 Å². The Morgan fingerprint density at radius 3 is 2.61 bits per heavy atom. The van der Waals surface area contributed by atoms with Gasteiger partial charge in [-0.1, -0.05) is 36.4 Å². The number of hydrogen-bond acceptors (Lipinski definition) is 4. The third kappa shape index (κ3) is 5.04. The number of nitrogens with zero attached hydrogens (tertiary/aromatic N) is 1. The van der Waals surface area contributed by atoms with Crippen LogP contribution in [0.4, 0.5) is 0 Å². The Labute approximate surface area is 166 Å². The Kier molecular flexibility index (Phi) is 6.12. The second-order valence-electron chi connectivity index (χ2n) is 7.69. The number of benzene rings is 2. The number of carbonyl (C=O) groups is 1. The molecule has 28 heavy (non-hydrogen) atoms. The number of hydrogen-bond donors (Lipinski definition) is 1. The predicted molar refractivity (Wildman–Crippen MR) is 108 cm³/mol. The number of rotatable bonds is 7. The van der Waals surface area contributed by atoms with Gasteiger partial charge in [0.1, 0.15) is 0 Å². The van der Waals surface area contributed by atoms with E-state index in [0.29, 0.717) is 13.0 Å². The number of fused-ring (bicyclic) bond motifs is 1. The van der Waals surface area contributed by atoms with Gasteiger partial charge in [0.15, 0.2) is 11.5 Å². The van der Waals surface area contributed by atoms with Crippen LogP contribution in [0.2, 0.25) is 0 Å². The largest absolute Gasteiger partial charge is 0.454 e. The molecule has 0 radical (unpaired) electrons. The van der Waals surface area contributed by atoms with Crippen molar-refractivity contribution in [3.05, 3.63) is 59.7 Å². The molecule has 0 saturated carbocycles. The van der Waals surface area contributed by atoms with E-state index in [9.17, 15) is 4.79 Å². The minimum atomic E-state index is 0.101. The van der Waals surface area contributed by atoms with Gasteiger partial charge < -0.3 is 19.7 Å². The Bertz CT molecular complexity index is 786. The average molecular weight is 380 g/mol. The third-order valence-corrected chi connectivity index (χ3v) is 5.66. The molecule has 0 bridgehead atoms. The summed E-state index contributed by atoms with van der Waals surface area (Å²) in [5.74, 6) is 2.39. The van der Waals surface area contributed by atoms with Gasteiger partial charge in [-0.25, -0.2) is 0 Å². The van der Waals surface area contributed by atoms with Crippen molar-refractivity contribution < 1.29 is 14.3 Å². The lowest BCUT2D eigenvalue weighted by atomic mass is 9.90. The quantitative estimate of drug-likeness (QED) is 0.800. The second kappa shape index (κ2) is 9.11. The fourth-order valence-corrected chi connectivity index (χ4v) is 3.96. The molecule has 148 valence electrons. The fourth-order valence-electron chi connectivity index (χ4n) is 3.96. The molecule has 0 unspecified atom stereocenters. The fraction of sp³-hybridized carbons (Fsp3) is 0.435. The molecule has 1 amide bonds. The summed E-state index contributed by atoms with van der Waals surface area (Å²) in [5.41, 5.74) is 2.46. The van der Waals surface area contributed by atoms with Gasteiger partial charge in [0.2, 0.25) is 12.7 Å². The van der Waals surface area contributed by atoms with Crippen LogP contribution in [0.3, 0.4) is 0 Å². The Morgan fingerprint density at radius 1 is 1.00 bits per heavy atom. The predicted octanol–water partition coefficient (Wildman–Crippen LogP) is 3.38. The molecule has 2 aromatic rings. The zero-order valence-corrected chi connectivity index (χ0v) is 16.2. The molecule has 5 nitrogen and oxygen atoms in total. The van der Waals surface area contributed by atoms with Crippen LogP contribution < -0.4 is 14.8 Å². The molecule has 1 N–H and O–H groups in total. The van der Waals surface area contributed by atoms with Crippen molar-refractivity contribution in [1.82, 2.24) is 10.2 Å².